The largest absolute Gasteiger partial charge is 0.434 e. The highest BCUT2D eigenvalue weighted by Gasteiger charge is 2.33. The first kappa shape index (κ1) is 8.03. The number of hydrogen-bond acceptors (Lipinski definition) is 1. The monoisotopic (exact) mass is 168 g/mol. The summed E-state index contributed by atoms with van der Waals surface area (Å²) < 4.78 is 47.6. The molecule has 0 aliphatic heterocycles. The second kappa shape index (κ2) is 2.52. The van der Waals surface area contributed by atoms with E-state index in [2.05, 4.69) is 4.98 Å². The molecule has 0 atom stereocenters. The Labute approximate surface area is 59.5 Å². The summed E-state index contributed by atoms with van der Waals surface area (Å²) in [5.41, 5.74) is -1.07. The van der Waals surface area contributed by atoms with Crippen LogP contribution in [0.3, 0.4) is 0 Å². The van der Waals surface area contributed by atoms with Gasteiger partial charge in [-0.1, -0.05) is 0 Å². The van der Waals surface area contributed by atoms with Crippen LogP contribution in [0.25, 0.3) is 0 Å². The highest BCUT2D eigenvalue weighted by Crippen LogP contribution is 2.27. The van der Waals surface area contributed by atoms with Crippen LogP contribution in [0.4, 0.5) is 17.6 Å². The summed E-state index contributed by atoms with van der Waals surface area (Å²) in [7, 11) is 0. The third kappa shape index (κ3) is 1.69. The van der Waals surface area contributed by atoms with Crippen molar-refractivity contribution >= 4 is 0 Å². The predicted octanol–water partition coefficient (Wildman–Crippen LogP) is 1.83. The fraction of sp³-hybridized carbons (Fsp3) is 0.400. The summed E-state index contributed by atoms with van der Waals surface area (Å²) in [6.45, 7) is -0.997. The van der Waals surface area contributed by atoms with Gasteiger partial charge in [0, 0.05) is 6.20 Å². The van der Waals surface area contributed by atoms with Crippen molar-refractivity contribution < 1.29 is 17.6 Å². The number of alkyl halides is 4. The summed E-state index contributed by atoms with van der Waals surface area (Å²) in [6.07, 6.45) is -3.08. The molecule has 2 nitrogen and oxygen atoms in total. The van der Waals surface area contributed by atoms with Gasteiger partial charge in [-0.3, -0.25) is 0 Å². The Balaban J connectivity index is 2.89. The molecule has 0 N–H and O–H groups in total. The van der Waals surface area contributed by atoms with E-state index in [0.717, 1.165) is 6.33 Å². The molecule has 0 amide bonds. The average Bonchev–Trinajstić information content (AvgIpc) is 2.32. The molecule has 0 saturated carbocycles. The fourth-order valence-electron chi connectivity index (χ4n) is 0.572. The van der Waals surface area contributed by atoms with Gasteiger partial charge in [-0.15, -0.1) is 0 Å². The van der Waals surface area contributed by atoms with Crippen LogP contribution in [0.1, 0.15) is 5.69 Å². The van der Waals surface area contributed by atoms with E-state index in [9.17, 15) is 17.6 Å². The van der Waals surface area contributed by atoms with Gasteiger partial charge in [-0.05, 0) is 0 Å². The van der Waals surface area contributed by atoms with Gasteiger partial charge in [0.2, 0.25) is 0 Å². The first-order valence-corrected chi connectivity index (χ1v) is 2.69. The second-order valence-corrected chi connectivity index (χ2v) is 1.89. The lowest BCUT2D eigenvalue weighted by Gasteiger charge is -1.99. The molecular weight excluding hydrogens is 164 g/mol. The maximum absolute atomic E-state index is 11.7. The highest BCUT2D eigenvalue weighted by atomic mass is 19.4. The van der Waals surface area contributed by atoms with E-state index in [1.807, 2.05) is 0 Å². The maximum Gasteiger partial charge on any atom is 0.434 e. The molecule has 0 fully saturated rings. The van der Waals surface area contributed by atoms with Crippen LogP contribution in [0.15, 0.2) is 12.5 Å². The molecule has 0 spiro atoms. The summed E-state index contributed by atoms with van der Waals surface area (Å²) >= 11 is 0. The fourth-order valence-corrected chi connectivity index (χ4v) is 0.572. The Morgan fingerprint density at radius 2 is 2.09 bits per heavy atom. The lowest BCUT2D eigenvalue weighted by Crippen LogP contribution is -2.04. The third-order valence-electron chi connectivity index (χ3n) is 1.06. The lowest BCUT2D eigenvalue weighted by molar-refractivity contribution is -0.141. The number of hydrogen-bond donors (Lipinski definition) is 0. The maximum atomic E-state index is 11.7. The average molecular weight is 168 g/mol. The van der Waals surface area contributed by atoms with E-state index in [-0.39, 0.29) is 0 Å². The number of halogens is 4. The SMILES string of the molecule is FCn1cnc(C(F)(F)F)c1. The first-order valence-electron chi connectivity index (χ1n) is 2.69. The molecular formula is C5H4F4N2. The molecule has 0 aliphatic rings. The van der Waals surface area contributed by atoms with Gasteiger partial charge < -0.3 is 4.57 Å². The predicted molar refractivity (Wildman–Crippen MR) is 28.3 cm³/mol. The van der Waals surface area contributed by atoms with Crippen LogP contribution in [0.5, 0.6) is 0 Å². The molecule has 1 heterocycles. The Kier molecular flexibility index (Phi) is 1.84. The quantitative estimate of drug-likeness (QED) is 0.585. The zero-order valence-corrected chi connectivity index (χ0v) is 5.27. The van der Waals surface area contributed by atoms with E-state index < -0.39 is 18.7 Å². The number of rotatable bonds is 1. The smallest absolute Gasteiger partial charge is 0.308 e. The van der Waals surface area contributed by atoms with E-state index in [1.165, 1.54) is 0 Å². The van der Waals surface area contributed by atoms with Crippen LogP contribution in [0, 0.1) is 0 Å². The van der Waals surface area contributed by atoms with Crippen LogP contribution >= 0.6 is 0 Å². The summed E-state index contributed by atoms with van der Waals surface area (Å²) in [5, 5.41) is 0. The Bertz CT molecular complexity index is 239. The molecule has 0 radical (unpaired) electrons. The molecule has 62 valence electrons. The van der Waals surface area contributed by atoms with Gasteiger partial charge in [0.25, 0.3) is 0 Å². The van der Waals surface area contributed by atoms with Crippen molar-refractivity contribution in [3.05, 3.63) is 18.2 Å². The highest BCUT2D eigenvalue weighted by molar-refractivity contribution is 5.00. The van der Waals surface area contributed by atoms with Crippen LogP contribution in [-0.2, 0) is 13.0 Å². The minimum absolute atomic E-state index is 0.611. The molecule has 1 aromatic rings. The van der Waals surface area contributed by atoms with E-state index in [0.29, 0.717) is 10.8 Å². The van der Waals surface area contributed by atoms with Crippen molar-refractivity contribution in [3.8, 4) is 0 Å². The standard InChI is InChI=1S/C5H4F4N2/c6-2-11-1-4(10-3-11)5(7,8)9/h1,3H,2H2. The number of imidazole rings is 1. The molecule has 0 unspecified atom stereocenters. The Hall–Kier alpha value is -1.07. The molecule has 0 aliphatic carbocycles. The van der Waals surface area contributed by atoms with Gasteiger partial charge in [-0.2, -0.15) is 13.2 Å². The molecule has 0 saturated heterocycles. The van der Waals surface area contributed by atoms with Crippen molar-refractivity contribution in [1.82, 2.24) is 9.55 Å². The molecule has 1 rings (SSSR count). The zero-order valence-electron chi connectivity index (χ0n) is 5.27. The molecule has 1 aromatic heterocycles. The minimum Gasteiger partial charge on any atom is -0.308 e. The molecule has 11 heavy (non-hydrogen) atoms. The van der Waals surface area contributed by atoms with Crippen molar-refractivity contribution in [3.63, 3.8) is 0 Å². The number of aromatic nitrogens is 2. The second-order valence-electron chi connectivity index (χ2n) is 1.89. The van der Waals surface area contributed by atoms with Gasteiger partial charge in [0.1, 0.15) is 0 Å². The summed E-state index contributed by atoms with van der Waals surface area (Å²) in [4.78, 5) is 2.96. The number of nitrogens with zero attached hydrogens (tertiary/aromatic N) is 2. The van der Waals surface area contributed by atoms with E-state index in [4.69, 9.17) is 0 Å². The van der Waals surface area contributed by atoms with Gasteiger partial charge in [0.05, 0.1) is 6.33 Å². The normalized spacial score (nSPS) is 12.0. The summed E-state index contributed by atoms with van der Waals surface area (Å²) in [5.74, 6) is 0. The van der Waals surface area contributed by atoms with Gasteiger partial charge >= 0.3 is 6.18 Å². The van der Waals surface area contributed by atoms with Crippen molar-refractivity contribution in [2.45, 2.75) is 13.0 Å². The van der Waals surface area contributed by atoms with Crippen molar-refractivity contribution in [2.24, 2.45) is 0 Å². The van der Waals surface area contributed by atoms with Crippen LogP contribution in [0.2, 0.25) is 0 Å². The lowest BCUT2D eigenvalue weighted by atomic mass is 10.5. The topological polar surface area (TPSA) is 17.8 Å². The first-order chi connectivity index (χ1) is 5.04. The minimum atomic E-state index is -4.49. The Morgan fingerprint density at radius 3 is 2.36 bits per heavy atom. The zero-order chi connectivity index (χ0) is 8.48. The molecule has 6 heteroatoms. The van der Waals surface area contributed by atoms with Crippen molar-refractivity contribution in [1.29, 1.82) is 0 Å². The molecule has 0 aromatic carbocycles. The summed E-state index contributed by atoms with van der Waals surface area (Å²) in [6, 6.07) is 0. The van der Waals surface area contributed by atoms with Gasteiger partial charge in [0.15, 0.2) is 12.5 Å². The van der Waals surface area contributed by atoms with Gasteiger partial charge in [-0.25, -0.2) is 9.37 Å². The Morgan fingerprint density at radius 1 is 1.45 bits per heavy atom. The van der Waals surface area contributed by atoms with Crippen LogP contribution < -0.4 is 0 Å². The van der Waals surface area contributed by atoms with Crippen molar-refractivity contribution in [2.75, 3.05) is 0 Å². The van der Waals surface area contributed by atoms with Crippen LogP contribution in [-0.4, -0.2) is 9.55 Å². The van der Waals surface area contributed by atoms with E-state index >= 15 is 0 Å². The third-order valence-corrected chi connectivity index (χ3v) is 1.06. The molecule has 0 bridgehead atoms. The van der Waals surface area contributed by atoms with E-state index in [1.54, 1.807) is 0 Å².